The van der Waals surface area contributed by atoms with Crippen LogP contribution in [0.25, 0.3) is 11.5 Å². The van der Waals surface area contributed by atoms with Crippen molar-refractivity contribution in [3.05, 3.63) is 70.7 Å². The third kappa shape index (κ3) is 3.03. The average Bonchev–Trinajstić information content (AvgIpc) is 3.10. The highest BCUT2D eigenvalue weighted by Gasteiger charge is 2.14. The van der Waals surface area contributed by atoms with Gasteiger partial charge in [0, 0.05) is 25.6 Å². The minimum atomic E-state index is -0.456. The van der Waals surface area contributed by atoms with Crippen LogP contribution in [0.1, 0.15) is 16.1 Å². The highest BCUT2D eigenvalue weighted by molar-refractivity contribution is 5.93. The van der Waals surface area contributed by atoms with Crippen molar-refractivity contribution in [2.45, 2.75) is 6.54 Å². The fourth-order valence-electron chi connectivity index (χ4n) is 2.14. The predicted molar refractivity (Wildman–Crippen MR) is 82.6 cm³/mol. The number of pyridine rings is 1. The highest BCUT2D eigenvalue weighted by Crippen LogP contribution is 2.19. The molecule has 0 saturated carbocycles. The number of hydrogen-bond acceptors (Lipinski definition) is 5. The molecule has 3 aromatic heterocycles. The Morgan fingerprint density at radius 2 is 2.09 bits per heavy atom. The first-order valence-corrected chi connectivity index (χ1v) is 6.94. The Morgan fingerprint density at radius 3 is 2.87 bits per heavy atom. The second kappa shape index (κ2) is 6.27. The molecule has 0 fully saturated rings. The zero-order valence-corrected chi connectivity index (χ0v) is 12.4. The van der Waals surface area contributed by atoms with Crippen LogP contribution in [-0.2, 0) is 13.6 Å². The lowest BCUT2D eigenvalue weighted by Gasteiger charge is -2.08. The van der Waals surface area contributed by atoms with Crippen molar-refractivity contribution in [3.8, 4) is 11.5 Å². The van der Waals surface area contributed by atoms with Crippen molar-refractivity contribution in [2.75, 3.05) is 0 Å². The maximum atomic E-state index is 12.2. The molecule has 3 rings (SSSR count). The second-order valence-electron chi connectivity index (χ2n) is 4.85. The van der Waals surface area contributed by atoms with Crippen molar-refractivity contribution in [1.82, 2.24) is 19.9 Å². The first kappa shape index (κ1) is 14.7. The Kier molecular flexibility index (Phi) is 4.01. The van der Waals surface area contributed by atoms with Crippen molar-refractivity contribution >= 4 is 5.91 Å². The number of rotatable bonds is 4. The second-order valence-corrected chi connectivity index (χ2v) is 4.85. The van der Waals surface area contributed by atoms with E-state index in [2.05, 4.69) is 15.3 Å². The zero-order valence-electron chi connectivity index (χ0n) is 12.4. The number of nitrogens with one attached hydrogen (secondary N) is 1. The molecule has 7 nitrogen and oxygen atoms in total. The van der Waals surface area contributed by atoms with Gasteiger partial charge in [0.15, 0.2) is 5.76 Å². The predicted octanol–water partition coefficient (Wildman–Crippen LogP) is 1.37. The number of furan rings is 1. The number of hydrogen-bond donors (Lipinski definition) is 1. The zero-order chi connectivity index (χ0) is 16.2. The van der Waals surface area contributed by atoms with Gasteiger partial charge in [-0.05, 0) is 24.3 Å². The Hall–Kier alpha value is -3.22. The lowest BCUT2D eigenvalue weighted by atomic mass is 10.2. The van der Waals surface area contributed by atoms with E-state index in [1.807, 2.05) is 0 Å². The molecule has 0 spiro atoms. The minimum absolute atomic E-state index is 0.0819. The molecule has 116 valence electrons. The molecule has 3 heterocycles. The Balaban J connectivity index is 1.80. The van der Waals surface area contributed by atoms with Crippen LogP contribution in [0, 0.1) is 0 Å². The molecule has 0 aliphatic rings. The van der Waals surface area contributed by atoms with E-state index < -0.39 is 5.91 Å². The van der Waals surface area contributed by atoms with Gasteiger partial charge in [-0.1, -0.05) is 0 Å². The molecule has 1 N–H and O–H groups in total. The largest absolute Gasteiger partial charge is 0.463 e. The van der Waals surface area contributed by atoms with Crippen LogP contribution in [0.2, 0.25) is 0 Å². The first-order chi connectivity index (χ1) is 11.2. The van der Waals surface area contributed by atoms with Crippen molar-refractivity contribution < 1.29 is 9.21 Å². The number of aromatic nitrogens is 3. The fraction of sp³-hybridized carbons (Fsp3) is 0.125. The number of carbonyl (C=O) groups excluding carboxylic acids is 1. The number of carbonyl (C=O) groups is 1. The van der Waals surface area contributed by atoms with Gasteiger partial charge < -0.3 is 14.3 Å². The minimum Gasteiger partial charge on any atom is -0.463 e. The summed E-state index contributed by atoms with van der Waals surface area (Å²) in [6.07, 6.45) is 6.22. The average molecular weight is 310 g/mol. The summed E-state index contributed by atoms with van der Waals surface area (Å²) in [5.74, 6) is 0.111. The molecule has 3 aromatic rings. The lowest BCUT2D eigenvalue weighted by molar-refractivity contribution is 0.0948. The van der Waals surface area contributed by atoms with E-state index in [0.29, 0.717) is 17.1 Å². The van der Waals surface area contributed by atoms with Crippen LogP contribution < -0.4 is 10.9 Å². The summed E-state index contributed by atoms with van der Waals surface area (Å²) in [4.78, 5) is 32.6. The molecule has 0 unspecified atom stereocenters. The van der Waals surface area contributed by atoms with Crippen LogP contribution >= 0.6 is 0 Å². The Bertz CT molecular complexity index is 884. The van der Waals surface area contributed by atoms with Crippen LogP contribution in [0.15, 0.2) is 58.3 Å². The standard InChI is InChI=1S/C16H14N4O3/c1-20-8-2-4-11(16(20)22)15(21)19-10-12-14(18-7-6-17-12)13-5-3-9-23-13/h2-9H,10H2,1H3,(H,19,21). The van der Waals surface area contributed by atoms with Crippen LogP contribution in [-0.4, -0.2) is 20.4 Å². The van der Waals surface area contributed by atoms with Gasteiger partial charge in [-0.2, -0.15) is 0 Å². The van der Waals surface area contributed by atoms with Gasteiger partial charge in [-0.15, -0.1) is 0 Å². The van der Waals surface area contributed by atoms with Crippen LogP contribution in [0.5, 0.6) is 0 Å². The quantitative estimate of drug-likeness (QED) is 0.786. The van der Waals surface area contributed by atoms with E-state index >= 15 is 0 Å². The molecule has 0 saturated heterocycles. The molecule has 0 radical (unpaired) electrons. The third-order valence-electron chi connectivity index (χ3n) is 3.31. The fourth-order valence-corrected chi connectivity index (χ4v) is 2.14. The van der Waals surface area contributed by atoms with E-state index in [9.17, 15) is 9.59 Å². The van der Waals surface area contributed by atoms with Crippen LogP contribution in [0.3, 0.4) is 0 Å². The van der Waals surface area contributed by atoms with Gasteiger partial charge in [-0.25, -0.2) is 4.98 Å². The summed E-state index contributed by atoms with van der Waals surface area (Å²) in [6, 6.07) is 6.65. The molecule has 0 bridgehead atoms. The molecule has 1 amide bonds. The van der Waals surface area contributed by atoms with Gasteiger partial charge in [0.1, 0.15) is 11.3 Å². The third-order valence-corrected chi connectivity index (χ3v) is 3.31. The van der Waals surface area contributed by atoms with Crippen molar-refractivity contribution in [3.63, 3.8) is 0 Å². The van der Waals surface area contributed by atoms with E-state index in [0.717, 1.165) is 0 Å². The van der Waals surface area contributed by atoms with Gasteiger partial charge in [0.2, 0.25) is 0 Å². The summed E-state index contributed by atoms with van der Waals surface area (Å²) in [5.41, 5.74) is 0.844. The molecule has 0 aliphatic carbocycles. The molecule has 0 aliphatic heterocycles. The number of amides is 1. The monoisotopic (exact) mass is 310 g/mol. The van der Waals surface area contributed by atoms with Gasteiger partial charge in [0.05, 0.1) is 18.5 Å². The van der Waals surface area contributed by atoms with Crippen molar-refractivity contribution in [2.24, 2.45) is 7.05 Å². The number of nitrogens with zero attached hydrogens (tertiary/aromatic N) is 3. The first-order valence-electron chi connectivity index (χ1n) is 6.94. The van der Waals surface area contributed by atoms with Gasteiger partial charge >= 0.3 is 0 Å². The normalized spacial score (nSPS) is 10.5. The summed E-state index contributed by atoms with van der Waals surface area (Å²) in [5, 5.41) is 2.69. The summed E-state index contributed by atoms with van der Waals surface area (Å²) >= 11 is 0. The van der Waals surface area contributed by atoms with Gasteiger partial charge in [-0.3, -0.25) is 14.6 Å². The van der Waals surface area contributed by atoms with E-state index in [4.69, 9.17) is 4.42 Å². The van der Waals surface area contributed by atoms with E-state index in [1.54, 1.807) is 43.9 Å². The maximum Gasteiger partial charge on any atom is 0.263 e. The Labute approximate surface area is 131 Å². The van der Waals surface area contributed by atoms with Crippen LogP contribution in [0.4, 0.5) is 0 Å². The van der Waals surface area contributed by atoms with E-state index in [1.165, 1.54) is 16.8 Å². The molecule has 0 aromatic carbocycles. The summed E-state index contributed by atoms with van der Waals surface area (Å²) in [7, 11) is 1.59. The smallest absolute Gasteiger partial charge is 0.263 e. The van der Waals surface area contributed by atoms with Crippen molar-refractivity contribution in [1.29, 1.82) is 0 Å². The highest BCUT2D eigenvalue weighted by atomic mass is 16.3. The molecule has 0 atom stereocenters. The topological polar surface area (TPSA) is 90.0 Å². The molecular weight excluding hydrogens is 296 g/mol. The van der Waals surface area contributed by atoms with E-state index in [-0.39, 0.29) is 17.7 Å². The Morgan fingerprint density at radius 1 is 1.26 bits per heavy atom. The maximum absolute atomic E-state index is 12.2. The number of aryl methyl sites for hydroxylation is 1. The molecular formula is C16H14N4O3. The SMILES string of the molecule is Cn1cccc(C(=O)NCc2nccnc2-c2ccco2)c1=O. The lowest BCUT2D eigenvalue weighted by Crippen LogP contribution is -2.31. The molecule has 7 heteroatoms. The summed E-state index contributed by atoms with van der Waals surface area (Å²) < 4.78 is 6.67. The molecule has 23 heavy (non-hydrogen) atoms. The summed E-state index contributed by atoms with van der Waals surface area (Å²) in [6.45, 7) is 0.140. The van der Waals surface area contributed by atoms with Gasteiger partial charge in [0.25, 0.3) is 11.5 Å².